The van der Waals surface area contributed by atoms with Gasteiger partial charge in [0.15, 0.2) is 5.13 Å². The van der Waals surface area contributed by atoms with Gasteiger partial charge >= 0.3 is 0 Å². The van der Waals surface area contributed by atoms with Crippen LogP contribution in [0.15, 0.2) is 60.1 Å². The van der Waals surface area contributed by atoms with E-state index in [4.69, 9.17) is 9.84 Å². The second kappa shape index (κ2) is 9.89. The highest BCUT2D eigenvalue weighted by Crippen LogP contribution is 2.27. The van der Waals surface area contributed by atoms with E-state index >= 15 is 0 Å². The van der Waals surface area contributed by atoms with Gasteiger partial charge in [-0.05, 0) is 43.2 Å². The number of nitrogens with zero attached hydrogens (tertiary/aromatic N) is 4. The molecule has 2 aromatic heterocycles. The van der Waals surface area contributed by atoms with E-state index in [1.54, 1.807) is 10.9 Å². The topological polar surface area (TPSA) is 72.3 Å². The monoisotopic (exact) mass is 473 g/mol. The maximum atomic E-state index is 13.4. The van der Waals surface area contributed by atoms with Crippen molar-refractivity contribution >= 4 is 22.4 Å². The minimum absolute atomic E-state index is 0.220. The third kappa shape index (κ3) is 4.94. The van der Waals surface area contributed by atoms with Crippen LogP contribution in [0.5, 0.6) is 0 Å². The van der Waals surface area contributed by atoms with Gasteiger partial charge < -0.3 is 4.74 Å². The number of rotatable bonds is 6. The van der Waals surface area contributed by atoms with Crippen LogP contribution in [0.2, 0.25) is 0 Å². The van der Waals surface area contributed by atoms with Gasteiger partial charge in [0.05, 0.1) is 30.2 Å². The number of carbonyl (C=O) groups excluding carboxylic acids is 1. The Balaban J connectivity index is 1.42. The van der Waals surface area contributed by atoms with Crippen LogP contribution in [-0.4, -0.2) is 51.9 Å². The lowest BCUT2D eigenvalue weighted by molar-refractivity contribution is 0.0337. The standard InChI is InChI=1S/C26H27N5O2S/c1-18-8-9-20(14-19(18)2)24-23(16-31(29-24)22-6-4-3-5-7-22)25(32)28-26-27-21(17-34-26)15-30-10-12-33-13-11-30/h3-9,14,16-17H,10-13,15H2,1-2H3,(H,27,28,32). The molecule has 1 aliphatic heterocycles. The maximum absolute atomic E-state index is 13.4. The van der Waals surface area contributed by atoms with Gasteiger partial charge in [-0.25, -0.2) is 9.67 Å². The third-order valence-electron chi connectivity index (χ3n) is 6.02. The number of aromatic nitrogens is 3. The van der Waals surface area contributed by atoms with E-state index in [2.05, 4.69) is 41.2 Å². The summed E-state index contributed by atoms with van der Waals surface area (Å²) in [6.45, 7) is 8.20. The zero-order chi connectivity index (χ0) is 23.5. The Kier molecular flexibility index (Phi) is 6.53. The van der Waals surface area contributed by atoms with Crippen molar-refractivity contribution in [3.63, 3.8) is 0 Å². The predicted octanol–water partition coefficient (Wildman–Crippen LogP) is 4.70. The first-order chi connectivity index (χ1) is 16.6. The highest BCUT2D eigenvalue weighted by Gasteiger charge is 2.21. The molecule has 1 amide bonds. The number of amides is 1. The van der Waals surface area contributed by atoms with Crippen molar-refractivity contribution in [2.75, 3.05) is 31.6 Å². The van der Waals surface area contributed by atoms with Crippen molar-refractivity contribution < 1.29 is 9.53 Å². The summed E-state index contributed by atoms with van der Waals surface area (Å²) in [6, 6.07) is 16.0. The molecule has 7 nitrogen and oxygen atoms in total. The van der Waals surface area contributed by atoms with Crippen LogP contribution >= 0.6 is 11.3 Å². The van der Waals surface area contributed by atoms with E-state index in [0.717, 1.165) is 55.4 Å². The van der Waals surface area contributed by atoms with Crippen molar-refractivity contribution in [2.45, 2.75) is 20.4 Å². The van der Waals surface area contributed by atoms with Gasteiger partial charge in [0, 0.05) is 36.8 Å². The lowest BCUT2D eigenvalue weighted by atomic mass is 10.0. The van der Waals surface area contributed by atoms with Crippen molar-refractivity contribution in [2.24, 2.45) is 0 Å². The molecule has 1 aliphatic rings. The minimum Gasteiger partial charge on any atom is -0.379 e. The molecule has 0 bridgehead atoms. The first-order valence-electron chi connectivity index (χ1n) is 11.4. The number of hydrogen-bond acceptors (Lipinski definition) is 6. The van der Waals surface area contributed by atoms with Crippen LogP contribution in [0.4, 0.5) is 5.13 Å². The van der Waals surface area contributed by atoms with E-state index in [1.807, 2.05) is 41.8 Å². The molecular formula is C26H27N5O2S. The SMILES string of the molecule is Cc1ccc(-c2nn(-c3ccccc3)cc2C(=O)Nc2nc(CN3CCOCC3)cs2)cc1C. The van der Waals surface area contributed by atoms with E-state index in [0.29, 0.717) is 16.4 Å². The maximum Gasteiger partial charge on any atom is 0.261 e. The summed E-state index contributed by atoms with van der Waals surface area (Å²) in [7, 11) is 0. The number of para-hydroxylation sites is 1. The average Bonchev–Trinajstić information content (AvgIpc) is 3.49. The average molecular weight is 474 g/mol. The molecule has 5 rings (SSSR count). The molecule has 0 saturated carbocycles. The number of hydrogen-bond donors (Lipinski definition) is 1. The Hall–Kier alpha value is -3.33. The Morgan fingerprint density at radius 2 is 1.88 bits per heavy atom. The molecule has 1 fully saturated rings. The molecule has 0 atom stereocenters. The molecule has 4 aromatic rings. The smallest absolute Gasteiger partial charge is 0.261 e. The number of benzene rings is 2. The Morgan fingerprint density at radius 1 is 1.09 bits per heavy atom. The highest BCUT2D eigenvalue weighted by molar-refractivity contribution is 7.14. The summed E-state index contributed by atoms with van der Waals surface area (Å²) in [5.74, 6) is -0.220. The lowest BCUT2D eigenvalue weighted by Crippen LogP contribution is -2.35. The second-order valence-corrected chi connectivity index (χ2v) is 9.32. The van der Waals surface area contributed by atoms with Gasteiger partial charge in [0.1, 0.15) is 5.69 Å². The quantitative estimate of drug-likeness (QED) is 0.440. The van der Waals surface area contributed by atoms with Crippen molar-refractivity contribution in [3.05, 3.63) is 82.5 Å². The molecule has 1 N–H and O–H groups in total. The number of carbonyl (C=O) groups is 1. The summed E-state index contributed by atoms with van der Waals surface area (Å²) in [5.41, 5.74) is 6.28. The van der Waals surface area contributed by atoms with Gasteiger partial charge in [-0.1, -0.05) is 30.3 Å². The Labute approximate surface area is 203 Å². The van der Waals surface area contributed by atoms with Crippen molar-refractivity contribution in [3.8, 4) is 16.9 Å². The molecule has 34 heavy (non-hydrogen) atoms. The number of thiazole rings is 1. The molecular weight excluding hydrogens is 446 g/mol. The van der Waals surface area contributed by atoms with Crippen LogP contribution in [0.25, 0.3) is 16.9 Å². The first-order valence-corrected chi connectivity index (χ1v) is 12.2. The molecule has 174 valence electrons. The molecule has 2 aromatic carbocycles. The van der Waals surface area contributed by atoms with Crippen molar-refractivity contribution in [1.82, 2.24) is 19.7 Å². The number of aryl methyl sites for hydroxylation is 2. The lowest BCUT2D eigenvalue weighted by Gasteiger charge is -2.25. The van der Waals surface area contributed by atoms with Gasteiger partial charge in [0.25, 0.3) is 5.91 Å². The highest BCUT2D eigenvalue weighted by atomic mass is 32.1. The largest absolute Gasteiger partial charge is 0.379 e. The van der Waals surface area contributed by atoms with Crippen molar-refractivity contribution in [1.29, 1.82) is 0 Å². The molecule has 0 radical (unpaired) electrons. The normalized spacial score (nSPS) is 14.3. The molecule has 1 saturated heterocycles. The molecule has 0 aliphatic carbocycles. The fourth-order valence-corrected chi connectivity index (χ4v) is 4.64. The number of ether oxygens (including phenoxy) is 1. The summed E-state index contributed by atoms with van der Waals surface area (Å²) in [6.07, 6.45) is 1.79. The molecule has 0 unspecified atom stereocenters. The first kappa shape index (κ1) is 22.5. The fourth-order valence-electron chi connectivity index (χ4n) is 3.94. The van der Waals surface area contributed by atoms with E-state index in [9.17, 15) is 4.79 Å². The zero-order valence-corrected chi connectivity index (χ0v) is 20.1. The predicted molar refractivity (Wildman–Crippen MR) is 135 cm³/mol. The Bertz CT molecular complexity index is 1290. The molecule has 0 spiro atoms. The van der Waals surface area contributed by atoms with Crippen LogP contribution < -0.4 is 5.32 Å². The molecule has 3 heterocycles. The van der Waals surface area contributed by atoms with E-state index < -0.39 is 0 Å². The zero-order valence-electron chi connectivity index (χ0n) is 19.3. The second-order valence-electron chi connectivity index (χ2n) is 8.46. The third-order valence-corrected chi connectivity index (χ3v) is 6.83. The Morgan fingerprint density at radius 3 is 2.65 bits per heavy atom. The van der Waals surface area contributed by atoms with Crippen LogP contribution in [0, 0.1) is 13.8 Å². The van der Waals surface area contributed by atoms with Gasteiger partial charge in [0.2, 0.25) is 0 Å². The minimum atomic E-state index is -0.220. The van der Waals surface area contributed by atoms with E-state index in [-0.39, 0.29) is 5.91 Å². The number of morpholine rings is 1. The van der Waals surface area contributed by atoms with Crippen LogP contribution in [0.3, 0.4) is 0 Å². The number of nitrogens with one attached hydrogen (secondary N) is 1. The van der Waals surface area contributed by atoms with Gasteiger partial charge in [-0.15, -0.1) is 11.3 Å². The van der Waals surface area contributed by atoms with E-state index in [1.165, 1.54) is 16.9 Å². The van der Waals surface area contributed by atoms with Gasteiger partial charge in [-0.2, -0.15) is 5.10 Å². The van der Waals surface area contributed by atoms with Crippen LogP contribution in [-0.2, 0) is 11.3 Å². The summed E-state index contributed by atoms with van der Waals surface area (Å²) < 4.78 is 7.17. The summed E-state index contributed by atoms with van der Waals surface area (Å²) in [4.78, 5) is 20.3. The molecule has 8 heteroatoms. The summed E-state index contributed by atoms with van der Waals surface area (Å²) >= 11 is 1.44. The van der Waals surface area contributed by atoms with Gasteiger partial charge in [-0.3, -0.25) is 15.0 Å². The fraction of sp³-hybridized carbons (Fsp3) is 0.269. The number of anilines is 1. The van der Waals surface area contributed by atoms with Crippen LogP contribution in [0.1, 0.15) is 27.2 Å². The summed E-state index contributed by atoms with van der Waals surface area (Å²) in [5, 5.41) is 10.4.